The number of aromatic amines is 1. The maximum atomic E-state index is 12.7. The van der Waals surface area contributed by atoms with E-state index in [0.29, 0.717) is 5.95 Å². The van der Waals surface area contributed by atoms with Crippen LogP contribution in [0.3, 0.4) is 0 Å². The molecule has 1 aromatic heterocycles. The van der Waals surface area contributed by atoms with Crippen LogP contribution in [0.1, 0.15) is 18.5 Å². The molecule has 0 spiro atoms. The maximum absolute atomic E-state index is 12.7. The van der Waals surface area contributed by atoms with Crippen molar-refractivity contribution in [3.63, 3.8) is 0 Å². The predicted molar refractivity (Wildman–Crippen MR) is 59.2 cm³/mol. The molecule has 6 heteroatoms. The molecule has 0 aliphatic rings. The molecule has 1 heterocycles. The molecule has 1 aromatic carbocycles. The molecule has 1 unspecified atom stereocenters. The fourth-order valence-electron chi connectivity index (χ4n) is 1.37. The quantitative estimate of drug-likeness (QED) is 0.737. The number of hydrogen-bond acceptors (Lipinski definition) is 4. The van der Waals surface area contributed by atoms with E-state index in [0.717, 1.165) is 5.56 Å². The van der Waals surface area contributed by atoms with E-state index in [9.17, 15) is 4.39 Å². The average Bonchev–Trinajstić information content (AvgIpc) is 2.65. The molecule has 5 nitrogen and oxygen atoms in total. The Morgan fingerprint density at radius 3 is 2.62 bits per heavy atom. The van der Waals surface area contributed by atoms with Crippen LogP contribution in [0.4, 0.5) is 16.3 Å². The molecule has 0 saturated heterocycles. The van der Waals surface area contributed by atoms with Crippen molar-refractivity contribution in [1.29, 1.82) is 0 Å². The lowest BCUT2D eigenvalue weighted by Crippen LogP contribution is -2.07. The van der Waals surface area contributed by atoms with Crippen molar-refractivity contribution >= 4 is 11.9 Å². The third-order valence-electron chi connectivity index (χ3n) is 2.22. The van der Waals surface area contributed by atoms with Gasteiger partial charge >= 0.3 is 0 Å². The van der Waals surface area contributed by atoms with Gasteiger partial charge in [0.25, 0.3) is 0 Å². The van der Waals surface area contributed by atoms with Gasteiger partial charge in [0.1, 0.15) is 5.82 Å². The lowest BCUT2D eigenvalue weighted by molar-refractivity contribution is 0.626. The molecule has 0 aliphatic carbocycles. The van der Waals surface area contributed by atoms with Crippen molar-refractivity contribution in [1.82, 2.24) is 15.2 Å². The summed E-state index contributed by atoms with van der Waals surface area (Å²) in [6.45, 7) is 1.93. The minimum Gasteiger partial charge on any atom is -0.368 e. The van der Waals surface area contributed by atoms with Gasteiger partial charge in [-0.1, -0.05) is 12.1 Å². The van der Waals surface area contributed by atoms with Gasteiger partial charge < -0.3 is 11.1 Å². The second-order valence-corrected chi connectivity index (χ2v) is 3.46. The first kappa shape index (κ1) is 10.4. The summed E-state index contributed by atoms with van der Waals surface area (Å²) in [5.74, 6) is 0.432. The van der Waals surface area contributed by atoms with Crippen molar-refractivity contribution < 1.29 is 4.39 Å². The lowest BCUT2D eigenvalue weighted by atomic mass is 10.1. The second-order valence-electron chi connectivity index (χ2n) is 3.46. The number of nitrogen functional groups attached to an aromatic ring is 1. The number of hydrogen-bond donors (Lipinski definition) is 3. The molecule has 84 valence electrons. The Labute approximate surface area is 91.9 Å². The van der Waals surface area contributed by atoms with E-state index in [1.807, 2.05) is 6.92 Å². The van der Waals surface area contributed by atoms with Gasteiger partial charge in [0.2, 0.25) is 11.9 Å². The van der Waals surface area contributed by atoms with Gasteiger partial charge in [-0.3, -0.25) is 0 Å². The van der Waals surface area contributed by atoms with E-state index >= 15 is 0 Å². The predicted octanol–water partition coefficient (Wildman–Crippen LogP) is 1.70. The van der Waals surface area contributed by atoms with Gasteiger partial charge in [0, 0.05) is 0 Å². The highest BCUT2D eigenvalue weighted by atomic mass is 19.1. The summed E-state index contributed by atoms with van der Waals surface area (Å²) >= 11 is 0. The normalized spacial score (nSPS) is 12.4. The van der Waals surface area contributed by atoms with Crippen LogP contribution in [0.5, 0.6) is 0 Å². The number of anilines is 2. The Bertz CT molecular complexity index is 464. The van der Waals surface area contributed by atoms with Crippen LogP contribution in [0.15, 0.2) is 24.3 Å². The van der Waals surface area contributed by atoms with Crippen LogP contribution >= 0.6 is 0 Å². The largest absolute Gasteiger partial charge is 0.368 e. The first-order valence-electron chi connectivity index (χ1n) is 4.85. The number of aromatic nitrogens is 3. The van der Waals surface area contributed by atoms with E-state index in [1.165, 1.54) is 12.1 Å². The zero-order valence-corrected chi connectivity index (χ0v) is 8.74. The number of halogens is 1. The molecular formula is C10H12FN5. The maximum Gasteiger partial charge on any atom is 0.244 e. The summed E-state index contributed by atoms with van der Waals surface area (Å²) in [5.41, 5.74) is 6.34. The van der Waals surface area contributed by atoms with Crippen molar-refractivity contribution in [2.45, 2.75) is 13.0 Å². The molecule has 2 aromatic rings. The Morgan fingerprint density at radius 2 is 2.06 bits per heavy atom. The smallest absolute Gasteiger partial charge is 0.244 e. The fraction of sp³-hybridized carbons (Fsp3) is 0.200. The zero-order valence-electron chi connectivity index (χ0n) is 8.74. The first-order chi connectivity index (χ1) is 7.65. The Kier molecular flexibility index (Phi) is 2.72. The van der Waals surface area contributed by atoms with E-state index in [4.69, 9.17) is 5.73 Å². The van der Waals surface area contributed by atoms with Gasteiger partial charge in [-0.25, -0.2) is 9.49 Å². The molecule has 2 rings (SSSR count). The number of benzene rings is 1. The van der Waals surface area contributed by atoms with Crippen LogP contribution in [-0.2, 0) is 0 Å². The van der Waals surface area contributed by atoms with Crippen molar-refractivity contribution in [3.05, 3.63) is 35.6 Å². The molecule has 0 fully saturated rings. The van der Waals surface area contributed by atoms with E-state index in [1.54, 1.807) is 12.1 Å². The van der Waals surface area contributed by atoms with Crippen LogP contribution in [0, 0.1) is 5.82 Å². The molecule has 0 amide bonds. The number of nitrogens with one attached hydrogen (secondary N) is 2. The minimum absolute atomic E-state index is 0.0178. The molecule has 0 bridgehead atoms. The van der Waals surface area contributed by atoms with E-state index in [-0.39, 0.29) is 17.8 Å². The molecule has 0 aliphatic heterocycles. The fourth-order valence-corrected chi connectivity index (χ4v) is 1.37. The minimum atomic E-state index is -0.252. The van der Waals surface area contributed by atoms with E-state index in [2.05, 4.69) is 20.5 Å². The van der Waals surface area contributed by atoms with Gasteiger partial charge in [-0.15, -0.1) is 5.10 Å². The SMILES string of the molecule is CC(Nc1n[nH]c(N)n1)c1ccc(F)cc1. The van der Waals surface area contributed by atoms with Crippen LogP contribution in [-0.4, -0.2) is 15.2 Å². The Hall–Kier alpha value is -2.11. The van der Waals surface area contributed by atoms with Crippen LogP contribution in [0.25, 0.3) is 0 Å². The van der Waals surface area contributed by atoms with E-state index < -0.39 is 0 Å². The van der Waals surface area contributed by atoms with Crippen LogP contribution in [0.2, 0.25) is 0 Å². The zero-order chi connectivity index (χ0) is 11.5. The molecule has 0 radical (unpaired) electrons. The van der Waals surface area contributed by atoms with Gasteiger partial charge in [-0.05, 0) is 24.6 Å². The summed E-state index contributed by atoms with van der Waals surface area (Å²) in [6.07, 6.45) is 0. The standard InChI is InChI=1S/C10H12FN5/c1-6(7-2-4-8(11)5-3-7)13-10-14-9(12)15-16-10/h2-6H,1H3,(H4,12,13,14,15,16). The highest BCUT2D eigenvalue weighted by Crippen LogP contribution is 2.17. The molecule has 4 N–H and O–H groups in total. The third-order valence-corrected chi connectivity index (χ3v) is 2.22. The summed E-state index contributed by atoms with van der Waals surface area (Å²) < 4.78 is 12.7. The van der Waals surface area contributed by atoms with Crippen molar-refractivity contribution in [2.24, 2.45) is 0 Å². The Morgan fingerprint density at radius 1 is 1.38 bits per heavy atom. The summed E-state index contributed by atoms with van der Waals surface area (Å²) in [5, 5.41) is 9.42. The van der Waals surface area contributed by atoms with Crippen molar-refractivity contribution in [3.8, 4) is 0 Å². The molecule has 0 saturated carbocycles. The summed E-state index contributed by atoms with van der Waals surface area (Å²) in [4.78, 5) is 3.92. The lowest BCUT2D eigenvalue weighted by Gasteiger charge is -2.12. The van der Waals surface area contributed by atoms with Gasteiger partial charge in [0.05, 0.1) is 6.04 Å². The summed E-state index contributed by atoms with van der Waals surface area (Å²) in [6, 6.07) is 6.24. The molecule has 1 atom stereocenters. The second kappa shape index (κ2) is 4.18. The highest BCUT2D eigenvalue weighted by molar-refractivity contribution is 5.34. The Balaban J connectivity index is 2.08. The van der Waals surface area contributed by atoms with Crippen molar-refractivity contribution in [2.75, 3.05) is 11.1 Å². The summed E-state index contributed by atoms with van der Waals surface area (Å²) in [7, 11) is 0. The number of nitrogens with zero attached hydrogens (tertiary/aromatic N) is 2. The average molecular weight is 221 g/mol. The van der Waals surface area contributed by atoms with Gasteiger partial charge in [0.15, 0.2) is 0 Å². The van der Waals surface area contributed by atoms with Crippen LogP contribution < -0.4 is 11.1 Å². The highest BCUT2D eigenvalue weighted by Gasteiger charge is 2.07. The topological polar surface area (TPSA) is 79.6 Å². The third kappa shape index (κ3) is 2.28. The molecular weight excluding hydrogens is 209 g/mol. The monoisotopic (exact) mass is 221 g/mol. The van der Waals surface area contributed by atoms with Gasteiger partial charge in [-0.2, -0.15) is 4.98 Å². The first-order valence-corrected chi connectivity index (χ1v) is 4.85. The number of nitrogens with two attached hydrogens (primary N) is 1. The number of rotatable bonds is 3. The number of H-pyrrole nitrogens is 1. The molecule has 16 heavy (non-hydrogen) atoms.